The van der Waals surface area contributed by atoms with Gasteiger partial charge in [-0.1, -0.05) is 45.3 Å². The van der Waals surface area contributed by atoms with Crippen LogP contribution in [0.1, 0.15) is 52.4 Å². The molecule has 0 bridgehead atoms. The fourth-order valence-electron chi connectivity index (χ4n) is 4.80. The molecule has 0 radical (unpaired) electrons. The maximum atomic E-state index is 13.4. The second-order valence-corrected chi connectivity index (χ2v) is 8.13. The van der Waals surface area contributed by atoms with Crippen LogP contribution in [0.15, 0.2) is 12.2 Å². The molecule has 0 unspecified atom stereocenters. The van der Waals surface area contributed by atoms with E-state index in [1.54, 1.807) is 11.9 Å². The van der Waals surface area contributed by atoms with Gasteiger partial charge in [-0.3, -0.25) is 14.4 Å². The molecule has 0 aromatic carbocycles. The molecular formula is C22H37N3O4. The lowest BCUT2D eigenvalue weighted by atomic mass is 9.68. The van der Waals surface area contributed by atoms with Crippen molar-refractivity contribution in [2.75, 3.05) is 26.7 Å². The van der Waals surface area contributed by atoms with Crippen LogP contribution >= 0.6 is 0 Å². The van der Waals surface area contributed by atoms with Crippen LogP contribution in [0.25, 0.3) is 0 Å². The van der Waals surface area contributed by atoms with Crippen LogP contribution < -0.4 is 10.6 Å². The highest BCUT2D eigenvalue weighted by atomic mass is 16.3. The third-order valence-electron chi connectivity index (χ3n) is 6.19. The quantitative estimate of drug-likeness (QED) is 0.357. The first-order valence-electron chi connectivity index (χ1n) is 11.1. The third-order valence-corrected chi connectivity index (χ3v) is 6.19. The van der Waals surface area contributed by atoms with Crippen molar-refractivity contribution in [1.29, 1.82) is 0 Å². The van der Waals surface area contributed by atoms with Crippen LogP contribution in [-0.2, 0) is 14.4 Å². The largest absolute Gasteiger partial charge is 0.396 e. The van der Waals surface area contributed by atoms with Gasteiger partial charge in [0.1, 0.15) is 6.04 Å². The number of hydrogen-bond donors (Lipinski definition) is 3. The first-order chi connectivity index (χ1) is 14.0. The Morgan fingerprint density at radius 1 is 1.10 bits per heavy atom. The predicted octanol–water partition coefficient (Wildman–Crippen LogP) is 1.47. The highest BCUT2D eigenvalue weighted by molar-refractivity contribution is 5.96. The van der Waals surface area contributed by atoms with Gasteiger partial charge in [-0.25, -0.2) is 0 Å². The van der Waals surface area contributed by atoms with E-state index in [4.69, 9.17) is 0 Å². The summed E-state index contributed by atoms with van der Waals surface area (Å²) >= 11 is 0. The Balaban J connectivity index is 2.31. The monoisotopic (exact) mass is 407 g/mol. The lowest BCUT2D eigenvalue weighted by molar-refractivity contribution is -0.141. The molecule has 7 nitrogen and oxygen atoms in total. The fraction of sp³-hybridized carbons (Fsp3) is 0.773. The molecule has 1 aliphatic carbocycles. The number of aliphatic hydroxyl groups excluding tert-OH is 1. The van der Waals surface area contributed by atoms with Crippen LogP contribution in [0, 0.1) is 23.7 Å². The zero-order valence-electron chi connectivity index (χ0n) is 18.0. The molecule has 0 spiro atoms. The summed E-state index contributed by atoms with van der Waals surface area (Å²) in [6.45, 7) is 5.04. The molecule has 1 aliphatic heterocycles. The number of fused-ring (bicyclic) bond motifs is 1. The van der Waals surface area contributed by atoms with Gasteiger partial charge in [-0.05, 0) is 25.2 Å². The molecule has 1 saturated heterocycles. The van der Waals surface area contributed by atoms with E-state index >= 15 is 0 Å². The average Bonchev–Trinajstić information content (AvgIpc) is 3.01. The van der Waals surface area contributed by atoms with E-state index in [9.17, 15) is 19.5 Å². The minimum absolute atomic E-state index is 0.00351. The number of hydrogen-bond acceptors (Lipinski definition) is 4. The van der Waals surface area contributed by atoms with E-state index in [2.05, 4.69) is 24.5 Å². The second kappa shape index (κ2) is 11.3. The van der Waals surface area contributed by atoms with Crippen molar-refractivity contribution in [2.45, 2.75) is 58.4 Å². The number of carbonyl (C=O) groups excluding carboxylic acids is 3. The van der Waals surface area contributed by atoms with Crippen molar-refractivity contribution in [1.82, 2.24) is 15.5 Å². The molecule has 164 valence electrons. The molecular weight excluding hydrogens is 370 g/mol. The van der Waals surface area contributed by atoms with Crippen molar-refractivity contribution in [3.05, 3.63) is 12.2 Å². The molecule has 2 rings (SSSR count). The van der Waals surface area contributed by atoms with Gasteiger partial charge in [0.15, 0.2) is 0 Å². The Morgan fingerprint density at radius 2 is 1.86 bits per heavy atom. The number of allylic oxidation sites excluding steroid dienone is 1. The zero-order chi connectivity index (χ0) is 21.4. The van der Waals surface area contributed by atoms with Gasteiger partial charge in [0.2, 0.25) is 17.7 Å². The average molecular weight is 408 g/mol. The number of nitrogens with zero attached hydrogens (tertiary/aromatic N) is 1. The van der Waals surface area contributed by atoms with Crippen LogP contribution in [0.4, 0.5) is 0 Å². The number of aliphatic hydroxyl groups is 1. The first kappa shape index (κ1) is 23.4. The molecule has 0 aromatic heterocycles. The minimum Gasteiger partial charge on any atom is -0.396 e. The Kier molecular flexibility index (Phi) is 9.14. The number of amides is 3. The van der Waals surface area contributed by atoms with E-state index < -0.39 is 17.9 Å². The van der Waals surface area contributed by atoms with Crippen LogP contribution in [0.3, 0.4) is 0 Å². The van der Waals surface area contributed by atoms with Gasteiger partial charge in [0, 0.05) is 32.7 Å². The molecule has 29 heavy (non-hydrogen) atoms. The molecule has 5 atom stereocenters. The van der Waals surface area contributed by atoms with Crippen molar-refractivity contribution in [3.63, 3.8) is 0 Å². The number of rotatable bonds is 11. The summed E-state index contributed by atoms with van der Waals surface area (Å²) < 4.78 is 0. The molecule has 3 amide bonds. The molecule has 1 fully saturated rings. The fourth-order valence-corrected chi connectivity index (χ4v) is 4.80. The summed E-state index contributed by atoms with van der Waals surface area (Å²) in [5, 5.41) is 15.0. The van der Waals surface area contributed by atoms with Crippen molar-refractivity contribution in [2.24, 2.45) is 23.7 Å². The van der Waals surface area contributed by atoms with Gasteiger partial charge < -0.3 is 20.6 Å². The molecule has 3 N–H and O–H groups in total. The predicted molar refractivity (Wildman–Crippen MR) is 112 cm³/mol. The topological polar surface area (TPSA) is 98.7 Å². The maximum absolute atomic E-state index is 13.4. The SMILES string of the molecule is CCCCCNC(=O)[C@@H]1[C@H]2C=C[C@@H](CCC)[C@@H](C(=O)NC)[C@@H]2C(=O)N1CCCO. The highest BCUT2D eigenvalue weighted by Crippen LogP contribution is 2.45. The highest BCUT2D eigenvalue weighted by Gasteiger charge is 2.56. The van der Waals surface area contributed by atoms with Gasteiger partial charge in [0.05, 0.1) is 11.8 Å². The summed E-state index contributed by atoms with van der Waals surface area (Å²) in [6, 6.07) is -0.619. The Hall–Kier alpha value is -1.89. The van der Waals surface area contributed by atoms with E-state index in [1.165, 1.54) is 0 Å². The Labute approximate surface area is 174 Å². The number of carbonyl (C=O) groups is 3. The molecule has 1 heterocycles. The number of unbranched alkanes of at least 4 members (excludes halogenated alkanes) is 2. The van der Waals surface area contributed by atoms with Crippen LogP contribution in [0.5, 0.6) is 0 Å². The van der Waals surface area contributed by atoms with Crippen molar-refractivity contribution < 1.29 is 19.5 Å². The summed E-state index contributed by atoms with van der Waals surface area (Å²) in [6.07, 6.45) is 9.20. The molecule has 2 aliphatic rings. The third kappa shape index (κ3) is 5.18. The number of nitrogens with one attached hydrogen (secondary N) is 2. The molecule has 0 saturated carbocycles. The summed E-state index contributed by atoms with van der Waals surface area (Å²) in [5.74, 6) is -1.75. The Morgan fingerprint density at radius 3 is 2.48 bits per heavy atom. The second-order valence-electron chi connectivity index (χ2n) is 8.13. The van der Waals surface area contributed by atoms with Gasteiger partial charge >= 0.3 is 0 Å². The zero-order valence-corrected chi connectivity index (χ0v) is 18.0. The molecule has 7 heteroatoms. The van der Waals surface area contributed by atoms with E-state index in [-0.39, 0.29) is 36.2 Å². The van der Waals surface area contributed by atoms with E-state index in [0.717, 1.165) is 32.1 Å². The maximum Gasteiger partial charge on any atom is 0.243 e. The van der Waals surface area contributed by atoms with E-state index in [1.807, 2.05) is 12.2 Å². The van der Waals surface area contributed by atoms with Crippen LogP contribution in [-0.4, -0.2) is 60.5 Å². The smallest absolute Gasteiger partial charge is 0.243 e. The minimum atomic E-state index is -0.619. The normalized spacial score (nSPS) is 28.3. The van der Waals surface area contributed by atoms with E-state index in [0.29, 0.717) is 19.5 Å². The van der Waals surface area contributed by atoms with Crippen molar-refractivity contribution >= 4 is 17.7 Å². The standard InChI is InChI=1S/C22H37N3O4/c1-4-6-7-12-24-21(28)19-16-11-10-15(9-5-2)17(20(27)23-3)18(16)22(29)25(19)13-8-14-26/h10-11,15-19,26H,4-9,12-14H2,1-3H3,(H,23,27)(H,24,28)/t15-,16+,17-,18-,19+/m1/s1. The van der Waals surface area contributed by atoms with Crippen LogP contribution in [0.2, 0.25) is 0 Å². The summed E-state index contributed by atoms with van der Waals surface area (Å²) in [7, 11) is 1.60. The lowest BCUT2D eigenvalue weighted by Gasteiger charge is -2.34. The lowest BCUT2D eigenvalue weighted by Crippen LogP contribution is -2.48. The summed E-state index contributed by atoms with van der Waals surface area (Å²) in [4.78, 5) is 40.7. The van der Waals surface area contributed by atoms with Gasteiger partial charge in [-0.2, -0.15) is 0 Å². The summed E-state index contributed by atoms with van der Waals surface area (Å²) in [5.41, 5.74) is 0. The molecule has 0 aromatic rings. The number of likely N-dealkylation sites (tertiary alicyclic amines) is 1. The van der Waals surface area contributed by atoms with Crippen molar-refractivity contribution in [3.8, 4) is 0 Å². The first-order valence-corrected chi connectivity index (χ1v) is 11.1. The Bertz CT molecular complexity index is 607. The van der Waals surface area contributed by atoms with Gasteiger partial charge in [-0.15, -0.1) is 0 Å². The van der Waals surface area contributed by atoms with Gasteiger partial charge in [0.25, 0.3) is 0 Å².